The molecule has 1 rings (SSSR count). The molecule has 0 saturated carbocycles. The van der Waals surface area contributed by atoms with Crippen molar-refractivity contribution in [2.45, 2.75) is 6.04 Å². The summed E-state index contributed by atoms with van der Waals surface area (Å²) in [6.45, 7) is 0.161. The van der Waals surface area contributed by atoms with E-state index in [1.807, 2.05) is 0 Å². The molecule has 0 radical (unpaired) electrons. The molecule has 0 aliphatic carbocycles. The van der Waals surface area contributed by atoms with Crippen LogP contribution in [0.1, 0.15) is 11.6 Å². The first-order chi connectivity index (χ1) is 6.20. The number of hydrogen-bond acceptors (Lipinski definition) is 2. The minimum Gasteiger partial charge on any atom is -0.329 e. The highest BCUT2D eigenvalue weighted by Crippen LogP contribution is 2.19. The van der Waals surface area contributed by atoms with E-state index in [0.717, 1.165) is 0 Å². The number of rotatable bonds is 3. The Bertz CT molecular complexity index is 265. The van der Waals surface area contributed by atoms with Gasteiger partial charge in [0, 0.05) is 12.1 Å². The first-order valence-corrected chi connectivity index (χ1v) is 4.02. The van der Waals surface area contributed by atoms with Crippen LogP contribution in [0.15, 0.2) is 18.2 Å². The zero-order valence-electron chi connectivity index (χ0n) is 7.35. The van der Waals surface area contributed by atoms with Gasteiger partial charge in [0.1, 0.15) is 11.6 Å². The van der Waals surface area contributed by atoms with Crippen LogP contribution in [0, 0.1) is 11.6 Å². The number of benzene rings is 1. The van der Waals surface area contributed by atoms with E-state index < -0.39 is 17.7 Å². The maximum absolute atomic E-state index is 13.1. The molecule has 1 aromatic rings. The zero-order valence-corrected chi connectivity index (χ0v) is 7.35. The first-order valence-electron chi connectivity index (χ1n) is 4.02. The second-order valence-electron chi connectivity index (χ2n) is 2.71. The van der Waals surface area contributed by atoms with Crippen LogP contribution in [-0.4, -0.2) is 13.6 Å². The summed E-state index contributed by atoms with van der Waals surface area (Å²) in [4.78, 5) is 0. The molecule has 0 saturated heterocycles. The summed E-state index contributed by atoms with van der Waals surface area (Å²) >= 11 is 0. The minimum absolute atomic E-state index is 0.00694. The normalized spacial score (nSPS) is 12.9. The van der Waals surface area contributed by atoms with Crippen LogP contribution in [0.3, 0.4) is 0 Å². The molecule has 0 aromatic heterocycles. The van der Waals surface area contributed by atoms with E-state index in [0.29, 0.717) is 0 Å². The van der Waals surface area contributed by atoms with Crippen molar-refractivity contribution in [2.24, 2.45) is 5.73 Å². The SMILES string of the molecule is CNC(CN)c1c(F)cccc1F. The Hall–Kier alpha value is -1.00. The van der Waals surface area contributed by atoms with E-state index in [4.69, 9.17) is 5.73 Å². The van der Waals surface area contributed by atoms with Gasteiger partial charge in [-0.05, 0) is 19.2 Å². The van der Waals surface area contributed by atoms with E-state index in [-0.39, 0.29) is 12.1 Å². The smallest absolute Gasteiger partial charge is 0.130 e. The molecule has 1 aromatic carbocycles. The van der Waals surface area contributed by atoms with Crippen LogP contribution in [-0.2, 0) is 0 Å². The fraction of sp³-hybridized carbons (Fsp3) is 0.333. The van der Waals surface area contributed by atoms with Crippen LogP contribution >= 0.6 is 0 Å². The summed E-state index contributed by atoms with van der Waals surface area (Å²) < 4.78 is 26.3. The van der Waals surface area contributed by atoms with E-state index in [1.165, 1.54) is 18.2 Å². The number of nitrogens with one attached hydrogen (secondary N) is 1. The lowest BCUT2D eigenvalue weighted by Gasteiger charge is -2.15. The molecule has 0 fully saturated rings. The van der Waals surface area contributed by atoms with Crippen molar-refractivity contribution in [3.05, 3.63) is 35.4 Å². The van der Waals surface area contributed by atoms with E-state index in [9.17, 15) is 8.78 Å². The van der Waals surface area contributed by atoms with Crippen molar-refractivity contribution in [1.82, 2.24) is 5.32 Å². The van der Waals surface area contributed by atoms with Gasteiger partial charge in [0.05, 0.1) is 6.04 Å². The molecule has 4 heteroatoms. The van der Waals surface area contributed by atoms with Gasteiger partial charge < -0.3 is 11.1 Å². The van der Waals surface area contributed by atoms with Gasteiger partial charge in [-0.3, -0.25) is 0 Å². The molecule has 0 amide bonds. The quantitative estimate of drug-likeness (QED) is 0.744. The van der Waals surface area contributed by atoms with Crippen LogP contribution < -0.4 is 11.1 Å². The molecule has 0 aliphatic heterocycles. The molecule has 1 unspecified atom stereocenters. The summed E-state index contributed by atoms with van der Waals surface area (Å²) in [5, 5.41) is 2.74. The Balaban J connectivity index is 3.10. The van der Waals surface area contributed by atoms with Crippen LogP contribution in [0.4, 0.5) is 8.78 Å². The fourth-order valence-corrected chi connectivity index (χ4v) is 1.22. The molecule has 13 heavy (non-hydrogen) atoms. The Morgan fingerprint density at radius 1 is 1.38 bits per heavy atom. The standard InChI is InChI=1S/C9H12F2N2/c1-13-8(5-12)9-6(10)3-2-4-7(9)11/h2-4,8,13H,5,12H2,1H3. The average molecular weight is 186 g/mol. The van der Waals surface area contributed by atoms with Gasteiger partial charge in [-0.25, -0.2) is 8.78 Å². The Labute approximate surface area is 75.7 Å². The second-order valence-corrected chi connectivity index (χ2v) is 2.71. The minimum atomic E-state index is -0.565. The predicted molar refractivity (Wildman–Crippen MR) is 47.2 cm³/mol. The molecule has 0 heterocycles. The zero-order chi connectivity index (χ0) is 9.84. The van der Waals surface area contributed by atoms with Crippen LogP contribution in [0.5, 0.6) is 0 Å². The number of hydrogen-bond donors (Lipinski definition) is 2. The molecular formula is C9H12F2N2. The molecule has 72 valence electrons. The van der Waals surface area contributed by atoms with Crippen molar-refractivity contribution in [3.63, 3.8) is 0 Å². The predicted octanol–water partition coefficient (Wildman–Crippen LogP) is 1.18. The highest BCUT2D eigenvalue weighted by atomic mass is 19.1. The van der Waals surface area contributed by atoms with Crippen LogP contribution in [0.2, 0.25) is 0 Å². The third-order valence-electron chi connectivity index (χ3n) is 1.93. The molecule has 0 aliphatic rings. The van der Waals surface area contributed by atoms with Gasteiger partial charge in [0.15, 0.2) is 0 Å². The molecule has 0 bridgehead atoms. The maximum atomic E-state index is 13.1. The number of likely N-dealkylation sites (N-methyl/N-ethyl adjacent to an activating group) is 1. The van der Waals surface area contributed by atoms with Crippen LogP contribution in [0.25, 0.3) is 0 Å². The van der Waals surface area contributed by atoms with Crippen molar-refractivity contribution in [1.29, 1.82) is 0 Å². The van der Waals surface area contributed by atoms with Gasteiger partial charge in [-0.2, -0.15) is 0 Å². The summed E-state index contributed by atoms with van der Waals surface area (Å²) in [5.74, 6) is -1.13. The lowest BCUT2D eigenvalue weighted by atomic mass is 10.1. The van der Waals surface area contributed by atoms with Crippen molar-refractivity contribution >= 4 is 0 Å². The Kier molecular flexibility index (Phi) is 3.33. The average Bonchev–Trinajstić information content (AvgIpc) is 2.11. The molecule has 2 nitrogen and oxygen atoms in total. The van der Waals surface area contributed by atoms with E-state index >= 15 is 0 Å². The van der Waals surface area contributed by atoms with Crippen molar-refractivity contribution in [2.75, 3.05) is 13.6 Å². The largest absolute Gasteiger partial charge is 0.329 e. The Morgan fingerprint density at radius 3 is 2.31 bits per heavy atom. The van der Waals surface area contributed by atoms with Gasteiger partial charge in [-0.1, -0.05) is 6.07 Å². The number of nitrogens with two attached hydrogens (primary N) is 1. The fourth-order valence-electron chi connectivity index (χ4n) is 1.22. The molecule has 3 N–H and O–H groups in total. The summed E-state index contributed by atoms with van der Waals surface area (Å²) in [6.07, 6.45) is 0. The number of halogens is 2. The molecular weight excluding hydrogens is 174 g/mol. The first kappa shape index (κ1) is 10.1. The lowest BCUT2D eigenvalue weighted by molar-refractivity contribution is 0.495. The second kappa shape index (κ2) is 4.30. The monoisotopic (exact) mass is 186 g/mol. The highest BCUT2D eigenvalue weighted by molar-refractivity contribution is 5.23. The van der Waals surface area contributed by atoms with Gasteiger partial charge in [0.25, 0.3) is 0 Å². The third-order valence-corrected chi connectivity index (χ3v) is 1.93. The van der Waals surface area contributed by atoms with Gasteiger partial charge in [0.2, 0.25) is 0 Å². The summed E-state index contributed by atoms with van der Waals surface area (Å²) in [7, 11) is 1.61. The maximum Gasteiger partial charge on any atom is 0.130 e. The van der Waals surface area contributed by atoms with Gasteiger partial charge >= 0.3 is 0 Å². The van der Waals surface area contributed by atoms with Crippen molar-refractivity contribution < 1.29 is 8.78 Å². The molecule has 1 atom stereocenters. The third kappa shape index (κ3) is 2.02. The van der Waals surface area contributed by atoms with E-state index in [1.54, 1.807) is 7.05 Å². The summed E-state index contributed by atoms with van der Waals surface area (Å²) in [6, 6.07) is 3.30. The van der Waals surface area contributed by atoms with E-state index in [2.05, 4.69) is 5.32 Å². The lowest BCUT2D eigenvalue weighted by Crippen LogP contribution is -2.26. The van der Waals surface area contributed by atoms with Gasteiger partial charge in [-0.15, -0.1) is 0 Å². The Morgan fingerprint density at radius 2 is 1.92 bits per heavy atom. The summed E-state index contributed by atoms with van der Waals surface area (Å²) in [5.41, 5.74) is 5.36. The topological polar surface area (TPSA) is 38.0 Å². The highest BCUT2D eigenvalue weighted by Gasteiger charge is 2.16. The molecule has 0 spiro atoms. The van der Waals surface area contributed by atoms with Crippen molar-refractivity contribution in [3.8, 4) is 0 Å².